The quantitative estimate of drug-likeness (QED) is 0.165. The lowest BCUT2D eigenvalue weighted by Crippen LogP contribution is -2.22. The van der Waals surface area contributed by atoms with E-state index in [0.29, 0.717) is 53.3 Å². The molecule has 0 fully saturated rings. The van der Waals surface area contributed by atoms with E-state index in [-0.39, 0.29) is 17.3 Å². The van der Waals surface area contributed by atoms with Crippen LogP contribution in [0, 0.1) is 0 Å². The lowest BCUT2D eigenvalue weighted by molar-refractivity contribution is -0.305. The fraction of sp³-hybridized carbons (Fsp3) is 0.604. The molecule has 0 amide bonds. The number of rotatable bonds is 13. The zero-order valence-corrected chi connectivity index (χ0v) is 36.9. The maximum atomic E-state index is 9.26. The molecule has 0 saturated heterocycles. The summed E-state index contributed by atoms with van der Waals surface area (Å²) in [4.78, 5) is 14.1. The van der Waals surface area contributed by atoms with Crippen molar-refractivity contribution >= 4 is 16.9 Å². The van der Waals surface area contributed by atoms with Crippen molar-refractivity contribution < 1.29 is 9.90 Å². The van der Waals surface area contributed by atoms with Crippen molar-refractivity contribution in [2.75, 3.05) is 0 Å². The first-order valence-corrected chi connectivity index (χ1v) is 21.3. The fourth-order valence-corrected chi connectivity index (χ4v) is 10.5. The minimum atomic E-state index is -0.995. The zero-order chi connectivity index (χ0) is 39.2. The third kappa shape index (κ3) is 10.8. The molecule has 3 rings (SSSR count). The van der Waals surface area contributed by atoms with E-state index in [4.69, 9.17) is 0 Å². The standard InChI is InChI=1S/C45H69S.C3H6O2/c1-25(2)34-19-37(28(7)8)43(38(20-34)29(9)10)46(44-39(30(11)12)21-35(26(3)4)22-40(44)31(13)14)45-41(32(15)16)23-36(27(5)6)24-42(45)33(17)18;1-2-3(4)5/h19-33H,1-18H3;2H2,1H3,(H,4,5)/q+1;/p-1. The summed E-state index contributed by atoms with van der Waals surface area (Å²) in [5, 5.41) is 9.26. The van der Waals surface area contributed by atoms with Gasteiger partial charge in [-0.15, -0.1) is 0 Å². The largest absolute Gasteiger partial charge is 0.550 e. The minimum Gasteiger partial charge on any atom is -0.550 e. The number of carboxylic acid groups (broad SMARTS) is 1. The van der Waals surface area contributed by atoms with E-state index in [1.54, 1.807) is 48.1 Å². The molecule has 0 aromatic heterocycles. The van der Waals surface area contributed by atoms with Gasteiger partial charge in [0.2, 0.25) is 0 Å². The van der Waals surface area contributed by atoms with Crippen LogP contribution in [0.3, 0.4) is 0 Å². The Kier molecular flexibility index (Phi) is 16.6. The van der Waals surface area contributed by atoms with Gasteiger partial charge in [-0.1, -0.05) is 168 Å². The van der Waals surface area contributed by atoms with Crippen LogP contribution >= 0.6 is 0 Å². The number of aliphatic carboxylic acids is 1. The summed E-state index contributed by atoms with van der Waals surface area (Å²) >= 11 is 0. The molecular formula is C48H74O2S. The highest BCUT2D eigenvalue weighted by atomic mass is 32.2. The number of carboxylic acids is 1. The first-order valence-electron chi connectivity index (χ1n) is 20.0. The van der Waals surface area contributed by atoms with Crippen molar-refractivity contribution in [3.8, 4) is 0 Å². The first kappa shape index (κ1) is 44.6. The van der Waals surface area contributed by atoms with Crippen molar-refractivity contribution in [2.45, 2.75) is 206 Å². The van der Waals surface area contributed by atoms with Crippen LogP contribution in [0.2, 0.25) is 0 Å². The predicted molar refractivity (Wildman–Crippen MR) is 224 cm³/mol. The van der Waals surface area contributed by atoms with E-state index in [2.05, 4.69) is 161 Å². The third-order valence-corrected chi connectivity index (χ3v) is 12.8. The summed E-state index contributed by atoms with van der Waals surface area (Å²) in [6, 6.07) is 15.6. The highest BCUT2D eigenvalue weighted by Crippen LogP contribution is 2.51. The number of hydrogen-bond acceptors (Lipinski definition) is 2. The van der Waals surface area contributed by atoms with Crippen LogP contribution in [0.15, 0.2) is 51.1 Å². The molecular weight excluding hydrogens is 641 g/mol. The Balaban J connectivity index is 0.00000168. The topological polar surface area (TPSA) is 40.1 Å². The van der Waals surface area contributed by atoms with Gasteiger partial charge in [0.25, 0.3) is 0 Å². The van der Waals surface area contributed by atoms with Crippen LogP contribution in [0.4, 0.5) is 0 Å². The van der Waals surface area contributed by atoms with Gasteiger partial charge in [-0.05, 0) is 76.4 Å². The normalized spacial score (nSPS) is 12.3. The molecule has 0 N–H and O–H groups in total. The van der Waals surface area contributed by atoms with Gasteiger partial charge in [-0.2, -0.15) is 0 Å². The van der Waals surface area contributed by atoms with Crippen LogP contribution < -0.4 is 5.11 Å². The molecule has 0 atom stereocenters. The Morgan fingerprint density at radius 3 is 0.667 bits per heavy atom. The van der Waals surface area contributed by atoms with Crippen LogP contribution in [0.5, 0.6) is 0 Å². The molecule has 51 heavy (non-hydrogen) atoms. The molecule has 3 aromatic carbocycles. The SMILES string of the molecule is CC(C)c1cc(C(C)C)c([S+](c2c(C(C)C)cc(C(C)C)cc2C(C)C)c2c(C(C)C)cc(C(C)C)cc2C(C)C)c(C(C)C)c1.CCC(=O)[O-]. The predicted octanol–water partition coefficient (Wildman–Crippen LogP) is 14.0. The summed E-state index contributed by atoms with van der Waals surface area (Å²) < 4.78 is 0. The summed E-state index contributed by atoms with van der Waals surface area (Å²) in [5.74, 6) is 3.08. The second-order valence-electron chi connectivity index (χ2n) is 17.5. The van der Waals surface area contributed by atoms with Gasteiger partial charge in [0, 0.05) is 39.4 Å². The summed E-state index contributed by atoms with van der Waals surface area (Å²) in [6.07, 6.45) is 0.111. The number of carbonyl (C=O) groups is 1. The number of benzene rings is 3. The minimum absolute atomic E-state index is 0.111. The Hall–Kier alpha value is -2.52. The second kappa shape index (κ2) is 19.0. The van der Waals surface area contributed by atoms with E-state index in [1.807, 2.05) is 0 Å². The van der Waals surface area contributed by atoms with E-state index < -0.39 is 5.97 Å². The molecule has 0 bridgehead atoms. The van der Waals surface area contributed by atoms with Gasteiger partial charge in [-0.3, -0.25) is 0 Å². The molecule has 0 aliphatic rings. The molecule has 3 aromatic rings. The molecule has 0 aliphatic carbocycles. The maximum absolute atomic E-state index is 9.26. The van der Waals surface area contributed by atoms with Crippen LogP contribution in [0.25, 0.3) is 0 Å². The zero-order valence-electron chi connectivity index (χ0n) is 36.1. The lowest BCUT2D eigenvalue weighted by atomic mass is 9.89. The number of hydrogen-bond donors (Lipinski definition) is 0. The van der Waals surface area contributed by atoms with Crippen molar-refractivity contribution in [2.24, 2.45) is 0 Å². The molecule has 284 valence electrons. The van der Waals surface area contributed by atoms with Gasteiger partial charge in [0.1, 0.15) is 10.9 Å². The van der Waals surface area contributed by atoms with Gasteiger partial charge < -0.3 is 9.90 Å². The van der Waals surface area contributed by atoms with Crippen molar-refractivity contribution in [1.29, 1.82) is 0 Å². The average molecular weight is 715 g/mol. The summed E-state index contributed by atoms with van der Waals surface area (Å²) in [6.45, 7) is 44.8. The highest BCUT2D eigenvalue weighted by Gasteiger charge is 2.44. The van der Waals surface area contributed by atoms with Crippen LogP contribution in [-0.4, -0.2) is 5.97 Å². The molecule has 3 heteroatoms. The molecule has 0 unspecified atom stereocenters. The van der Waals surface area contributed by atoms with E-state index >= 15 is 0 Å². The monoisotopic (exact) mass is 715 g/mol. The van der Waals surface area contributed by atoms with Crippen molar-refractivity contribution in [3.63, 3.8) is 0 Å². The van der Waals surface area contributed by atoms with Gasteiger partial charge in [-0.25, -0.2) is 0 Å². The molecule has 0 radical (unpaired) electrons. The molecule has 2 nitrogen and oxygen atoms in total. The van der Waals surface area contributed by atoms with Gasteiger partial charge in [0.05, 0.1) is 0 Å². The Morgan fingerprint density at radius 2 is 0.569 bits per heavy atom. The Bertz CT molecular complexity index is 1330. The molecule has 0 saturated carbocycles. The highest BCUT2D eigenvalue weighted by molar-refractivity contribution is 7.97. The fourth-order valence-electron chi connectivity index (χ4n) is 6.68. The molecule has 0 heterocycles. The third-order valence-electron chi connectivity index (χ3n) is 10.1. The van der Waals surface area contributed by atoms with E-state index in [9.17, 15) is 9.90 Å². The summed E-state index contributed by atoms with van der Waals surface area (Å²) in [7, 11) is -0.272. The lowest BCUT2D eigenvalue weighted by Gasteiger charge is -2.29. The van der Waals surface area contributed by atoms with Crippen molar-refractivity contribution in [3.05, 3.63) is 86.5 Å². The van der Waals surface area contributed by atoms with Crippen molar-refractivity contribution in [1.82, 2.24) is 0 Å². The Morgan fingerprint density at radius 1 is 0.412 bits per heavy atom. The van der Waals surface area contributed by atoms with Gasteiger partial charge in [0.15, 0.2) is 14.7 Å². The van der Waals surface area contributed by atoms with Crippen LogP contribution in [-0.2, 0) is 15.7 Å². The Labute approximate surface area is 318 Å². The average Bonchev–Trinajstić information content (AvgIpc) is 3.03. The molecule has 0 spiro atoms. The smallest absolute Gasteiger partial charge is 0.173 e. The first-order chi connectivity index (χ1) is 23.6. The second-order valence-corrected chi connectivity index (χ2v) is 19.3. The van der Waals surface area contributed by atoms with E-state index in [0.717, 1.165) is 0 Å². The molecule has 0 aliphatic heterocycles. The summed E-state index contributed by atoms with van der Waals surface area (Å²) in [5.41, 5.74) is 13.7. The number of carbonyl (C=O) groups excluding carboxylic acids is 1. The van der Waals surface area contributed by atoms with Crippen LogP contribution in [0.1, 0.15) is 241 Å². The van der Waals surface area contributed by atoms with E-state index in [1.165, 1.54) is 23.6 Å². The maximum Gasteiger partial charge on any atom is 0.173 e. The van der Waals surface area contributed by atoms with Gasteiger partial charge >= 0.3 is 0 Å².